The van der Waals surface area contributed by atoms with E-state index in [1.165, 1.54) is 12.1 Å². The van der Waals surface area contributed by atoms with Crippen molar-refractivity contribution in [1.29, 1.82) is 0 Å². The van der Waals surface area contributed by atoms with Gasteiger partial charge in [-0.15, -0.1) is 0 Å². The molecule has 0 aliphatic heterocycles. The zero-order chi connectivity index (χ0) is 13.0. The molecule has 94 valence electrons. The molecule has 0 saturated heterocycles. The van der Waals surface area contributed by atoms with Gasteiger partial charge in [-0.1, -0.05) is 35.8 Å². The highest BCUT2D eigenvalue weighted by atomic mass is 79.9. The van der Waals surface area contributed by atoms with Gasteiger partial charge in [0.15, 0.2) is 0 Å². The van der Waals surface area contributed by atoms with E-state index < -0.39 is 0 Å². The third kappa shape index (κ3) is 4.11. The summed E-state index contributed by atoms with van der Waals surface area (Å²) in [5.41, 5.74) is 1.17. The minimum atomic E-state index is -0.389. The maximum atomic E-state index is 13.0. The van der Waals surface area contributed by atoms with E-state index >= 15 is 0 Å². The molecule has 2 nitrogen and oxygen atoms in total. The number of rotatable bonds is 4. The van der Waals surface area contributed by atoms with Crippen molar-refractivity contribution in [3.63, 3.8) is 0 Å². The van der Waals surface area contributed by atoms with Crippen LogP contribution >= 0.6 is 15.9 Å². The van der Waals surface area contributed by atoms with Crippen molar-refractivity contribution in [2.75, 3.05) is 6.54 Å². The summed E-state index contributed by atoms with van der Waals surface area (Å²) in [5.74, 6) is -0.184. The zero-order valence-electron chi connectivity index (χ0n) is 10.3. The summed E-state index contributed by atoms with van der Waals surface area (Å²) in [6, 6.07) is 4.23. The number of carbonyl (C=O) groups excluding carboxylic acids is 1. The Labute approximate surface area is 110 Å². The average Bonchev–Trinajstić information content (AvgIpc) is 2.28. The van der Waals surface area contributed by atoms with Crippen LogP contribution in [0.1, 0.15) is 29.8 Å². The summed E-state index contributed by atoms with van der Waals surface area (Å²) in [6.45, 7) is 6.47. The number of aryl methyl sites for hydroxylation is 1. The van der Waals surface area contributed by atoms with Crippen molar-refractivity contribution in [3.8, 4) is 0 Å². The molecule has 0 spiro atoms. The summed E-state index contributed by atoms with van der Waals surface area (Å²) in [4.78, 5) is 12.1. The molecule has 1 amide bonds. The number of hydrogen-bond acceptors (Lipinski definition) is 1. The lowest BCUT2D eigenvalue weighted by Crippen LogP contribution is -2.32. The molecule has 1 unspecified atom stereocenters. The van der Waals surface area contributed by atoms with Crippen LogP contribution in [0.4, 0.5) is 4.39 Å². The molecule has 0 aliphatic rings. The molecule has 4 heteroatoms. The van der Waals surface area contributed by atoms with E-state index in [1.54, 1.807) is 13.0 Å². The molecular weight excluding hydrogens is 285 g/mol. The summed E-state index contributed by atoms with van der Waals surface area (Å²) in [6.07, 6.45) is 0. The third-order valence-corrected chi connectivity index (χ3v) is 4.01. The van der Waals surface area contributed by atoms with Crippen LogP contribution in [0.15, 0.2) is 18.2 Å². The van der Waals surface area contributed by atoms with Crippen LogP contribution in [0.5, 0.6) is 0 Å². The lowest BCUT2D eigenvalue weighted by atomic mass is 10.1. The van der Waals surface area contributed by atoms with Gasteiger partial charge < -0.3 is 5.32 Å². The standard InChI is InChI=1S/C13H17BrFNO/c1-8(2)12(14)7-16-13(17)11-6-10(15)5-4-9(11)3/h4-6,8,12H,7H2,1-3H3,(H,16,17). The van der Waals surface area contributed by atoms with Crippen LogP contribution in [0.2, 0.25) is 0 Å². The second kappa shape index (κ2) is 6.15. The first-order valence-electron chi connectivity index (χ1n) is 5.60. The predicted molar refractivity (Wildman–Crippen MR) is 71.0 cm³/mol. The molecule has 1 atom stereocenters. The molecule has 0 bridgehead atoms. The van der Waals surface area contributed by atoms with E-state index in [-0.39, 0.29) is 16.6 Å². The second-order valence-corrected chi connectivity index (χ2v) is 5.61. The molecule has 1 aromatic carbocycles. The Hall–Kier alpha value is -0.900. The number of hydrogen-bond donors (Lipinski definition) is 1. The quantitative estimate of drug-likeness (QED) is 0.850. The monoisotopic (exact) mass is 301 g/mol. The number of halogens is 2. The summed E-state index contributed by atoms with van der Waals surface area (Å²) >= 11 is 3.49. The van der Waals surface area contributed by atoms with Crippen molar-refractivity contribution in [2.24, 2.45) is 5.92 Å². The van der Waals surface area contributed by atoms with Crippen LogP contribution in [0.3, 0.4) is 0 Å². The van der Waals surface area contributed by atoms with Gasteiger partial charge in [0.1, 0.15) is 5.82 Å². The largest absolute Gasteiger partial charge is 0.351 e. The van der Waals surface area contributed by atoms with Crippen LogP contribution in [-0.4, -0.2) is 17.3 Å². The first-order chi connectivity index (χ1) is 7.91. The summed E-state index contributed by atoms with van der Waals surface area (Å²) in [7, 11) is 0. The fraction of sp³-hybridized carbons (Fsp3) is 0.462. The molecule has 0 saturated carbocycles. The first-order valence-corrected chi connectivity index (χ1v) is 6.51. The number of amides is 1. The fourth-order valence-electron chi connectivity index (χ4n) is 1.36. The number of benzene rings is 1. The summed E-state index contributed by atoms with van der Waals surface area (Å²) < 4.78 is 13.0. The van der Waals surface area contributed by atoms with Crippen LogP contribution in [0.25, 0.3) is 0 Å². The average molecular weight is 302 g/mol. The maximum Gasteiger partial charge on any atom is 0.251 e. The highest BCUT2D eigenvalue weighted by molar-refractivity contribution is 9.09. The van der Waals surface area contributed by atoms with Gasteiger partial charge in [-0.25, -0.2) is 4.39 Å². The van der Waals surface area contributed by atoms with Crippen molar-refractivity contribution in [1.82, 2.24) is 5.32 Å². The predicted octanol–water partition coefficient (Wildman–Crippen LogP) is 3.28. The van der Waals surface area contributed by atoms with Gasteiger partial charge in [0, 0.05) is 16.9 Å². The van der Waals surface area contributed by atoms with Gasteiger partial charge >= 0.3 is 0 Å². The normalized spacial score (nSPS) is 12.6. The Morgan fingerprint density at radius 3 is 2.71 bits per heavy atom. The van der Waals surface area contributed by atoms with E-state index in [0.717, 1.165) is 5.56 Å². The van der Waals surface area contributed by atoms with E-state index in [9.17, 15) is 9.18 Å². The van der Waals surface area contributed by atoms with Crippen molar-refractivity contribution >= 4 is 21.8 Å². The second-order valence-electron chi connectivity index (χ2n) is 4.43. The summed E-state index contributed by atoms with van der Waals surface area (Å²) in [5, 5.41) is 2.80. The van der Waals surface area contributed by atoms with E-state index in [1.807, 2.05) is 0 Å². The fourth-order valence-corrected chi connectivity index (χ4v) is 1.52. The Kier molecular flexibility index (Phi) is 5.12. The van der Waals surface area contributed by atoms with Crippen molar-refractivity contribution in [2.45, 2.75) is 25.6 Å². The molecule has 0 aromatic heterocycles. The van der Waals surface area contributed by atoms with Crippen molar-refractivity contribution in [3.05, 3.63) is 35.1 Å². The molecule has 1 N–H and O–H groups in total. The number of carbonyl (C=O) groups is 1. The lowest BCUT2D eigenvalue weighted by molar-refractivity contribution is 0.0952. The number of nitrogens with one attached hydrogen (secondary N) is 1. The van der Waals surface area contributed by atoms with E-state index in [2.05, 4.69) is 35.1 Å². The van der Waals surface area contributed by atoms with Crippen molar-refractivity contribution < 1.29 is 9.18 Å². The molecule has 0 radical (unpaired) electrons. The maximum absolute atomic E-state index is 13.0. The van der Waals surface area contributed by atoms with E-state index in [4.69, 9.17) is 0 Å². The van der Waals surface area contributed by atoms with Gasteiger partial charge in [-0.05, 0) is 30.5 Å². The molecule has 0 heterocycles. The Morgan fingerprint density at radius 2 is 2.12 bits per heavy atom. The highest BCUT2D eigenvalue weighted by Crippen LogP contribution is 2.12. The Bertz CT molecular complexity index is 406. The van der Waals surface area contributed by atoms with Gasteiger partial charge in [0.25, 0.3) is 5.91 Å². The molecule has 17 heavy (non-hydrogen) atoms. The lowest BCUT2D eigenvalue weighted by Gasteiger charge is -2.15. The van der Waals surface area contributed by atoms with Crippen LogP contribution < -0.4 is 5.32 Å². The van der Waals surface area contributed by atoms with Crippen LogP contribution in [-0.2, 0) is 0 Å². The number of alkyl halides is 1. The molecular formula is C13H17BrFNO. The highest BCUT2D eigenvalue weighted by Gasteiger charge is 2.13. The minimum absolute atomic E-state index is 0.223. The van der Waals surface area contributed by atoms with Gasteiger partial charge in [0.2, 0.25) is 0 Å². The van der Waals surface area contributed by atoms with E-state index in [0.29, 0.717) is 18.0 Å². The Balaban J connectivity index is 2.67. The van der Waals surface area contributed by atoms with Gasteiger partial charge in [0.05, 0.1) is 0 Å². The van der Waals surface area contributed by atoms with Gasteiger partial charge in [-0.2, -0.15) is 0 Å². The third-order valence-electron chi connectivity index (χ3n) is 2.63. The molecule has 1 aromatic rings. The minimum Gasteiger partial charge on any atom is -0.351 e. The van der Waals surface area contributed by atoms with Crippen LogP contribution in [0, 0.1) is 18.7 Å². The molecule has 1 rings (SSSR count). The smallest absolute Gasteiger partial charge is 0.251 e. The SMILES string of the molecule is Cc1ccc(F)cc1C(=O)NCC(Br)C(C)C. The molecule has 0 aliphatic carbocycles. The Morgan fingerprint density at radius 1 is 1.47 bits per heavy atom. The zero-order valence-corrected chi connectivity index (χ0v) is 11.8. The first kappa shape index (κ1) is 14.2. The van der Waals surface area contributed by atoms with Gasteiger partial charge in [-0.3, -0.25) is 4.79 Å². The molecule has 0 fully saturated rings. The topological polar surface area (TPSA) is 29.1 Å².